The Morgan fingerprint density at radius 2 is 1.43 bits per heavy atom. The van der Waals surface area contributed by atoms with Crippen molar-refractivity contribution in [2.24, 2.45) is 29.1 Å². The first-order valence-corrected chi connectivity index (χ1v) is 19.8. The SMILES string of the molecule is CC1(C)C2CCCNC2N2C3CNCCC3C3CC(c4ccc(-n5c(-c6ccccc6)nc6c7ccccc7c7ccccc7c65)cc4)CC1C32. The van der Waals surface area contributed by atoms with Gasteiger partial charge in [-0.1, -0.05) is 105 Å². The van der Waals surface area contributed by atoms with Gasteiger partial charge in [-0.3, -0.25) is 9.47 Å². The molecule has 5 nitrogen and oxygen atoms in total. The van der Waals surface area contributed by atoms with Crippen LogP contribution in [0.3, 0.4) is 0 Å². The molecular weight excluding hydrogens is 623 g/mol. The van der Waals surface area contributed by atoms with Crippen LogP contribution in [0.1, 0.15) is 57.4 Å². The molecule has 5 fully saturated rings. The molecule has 8 unspecified atom stereocenters. The van der Waals surface area contributed by atoms with E-state index in [2.05, 4.69) is 137 Å². The first-order valence-electron chi connectivity index (χ1n) is 19.8. The van der Waals surface area contributed by atoms with Crippen molar-refractivity contribution in [1.82, 2.24) is 25.1 Å². The summed E-state index contributed by atoms with van der Waals surface area (Å²) < 4.78 is 2.44. The molecule has 6 aromatic rings. The number of hydrogen-bond donors (Lipinski definition) is 2. The highest BCUT2D eigenvalue weighted by Gasteiger charge is 2.64. The van der Waals surface area contributed by atoms with Gasteiger partial charge in [0.05, 0.1) is 17.2 Å². The fourth-order valence-corrected chi connectivity index (χ4v) is 12.4. The van der Waals surface area contributed by atoms with Crippen LogP contribution in [0.2, 0.25) is 0 Å². The van der Waals surface area contributed by atoms with Crippen molar-refractivity contribution in [2.45, 2.75) is 70.1 Å². The number of fused-ring (bicyclic) bond motifs is 11. The van der Waals surface area contributed by atoms with Gasteiger partial charge in [-0.2, -0.15) is 0 Å². The highest BCUT2D eigenvalue weighted by atomic mass is 15.4. The molecule has 258 valence electrons. The largest absolute Gasteiger partial charge is 0.315 e. The molecule has 8 atom stereocenters. The van der Waals surface area contributed by atoms with Crippen molar-refractivity contribution in [3.63, 3.8) is 0 Å². The maximum absolute atomic E-state index is 5.46. The Morgan fingerprint density at radius 1 is 0.706 bits per heavy atom. The Kier molecular flexibility index (Phi) is 6.89. The zero-order valence-corrected chi connectivity index (χ0v) is 29.9. The number of hydrogen-bond acceptors (Lipinski definition) is 4. The minimum atomic E-state index is 0.335. The fourth-order valence-electron chi connectivity index (χ4n) is 12.4. The molecule has 1 aliphatic carbocycles. The quantitative estimate of drug-likeness (QED) is 0.184. The van der Waals surface area contributed by atoms with E-state index in [9.17, 15) is 0 Å². The molecule has 0 bridgehead atoms. The molecule has 0 radical (unpaired) electrons. The Balaban J connectivity index is 1.03. The first kappa shape index (κ1) is 30.6. The molecule has 5 aliphatic rings. The van der Waals surface area contributed by atoms with Crippen LogP contribution in [0, 0.1) is 29.1 Å². The van der Waals surface area contributed by atoms with Gasteiger partial charge < -0.3 is 10.6 Å². The van der Waals surface area contributed by atoms with E-state index in [1.807, 2.05) is 0 Å². The topological polar surface area (TPSA) is 45.1 Å². The fraction of sp³-hybridized carbons (Fsp3) is 0.413. The van der Waals surface area contributed by atoms with Gasteiger partial charge in [0.2, 0.25) is 0 Å². The molecule has 5 heterocycles. The molecule has 4 aliphatic heterocycles. The molecular formula is C46H49N5. The predicted octanol–water partition coefficient (Wildman–Crippen LogP) is 9.14. The van der Waals surface area contributed by atoms with Crippen LogP contribution in [0.4, 0.5) is 0 Å². The van der Waals surface area contributed by atoms with E-state index in [1.54, 1.807) is 0 Å². The predicted molar refractivity (Wildman–Crippen MR) is 209 cm³/mol. The van der Waals surface area contributed by atoms with Gasteiger partial charge in [-0.25, -0.2) is 4.98 Å². The van der Waals surface area contributed by atoms with E-state index in [1.165, 1.54) is 90.1 Å². The number of rotatable bonds is 3. The van der Waals surface area contributed by atoms with E-state index in [0.717, 1.165) is 40.6 Å². The molecule has 4 saturated heterocycles. The lowest BCUT2D eigenvalue weighted by molar-refractivity contribution is -0.132. The third kappa shape index (κ3) is 4.41. The number of piperidine rings is 3. The van der Waals surface area contributed by atoms with Gasteiger partial charge in [0.1, 0.15) is 5.82 Å². The minimum Gasteiger partial charge on any atom is -0.315 e. The van der Waals surface area contributed by atoms with Gasteiger partial charge in [-0.15, -0.1) is 0 Å². The van der Waals surface area contributed by atoms with Crippen LogP contribution in [0.25, 0.3) is 49.7 Å². The van der Waals surface area contributed by atoms with Crippen LogP contribution < -0.4 is 10.6 Å². The molecule has 11 rings (SSSR count). The summed E-state index contributed by atoms with van der Waals surface area (Å²) in [5.74, 6) is 4.66. The molecule has 51 heavy (non-hydrogen) atoms. The van der Waals surface area contributed by atoms with Crippen LogP contribution in [-0.2, 0) is 0 Å². The van der Waals surface area contributed by atoms with Crippen LogP contribution >= 0.6 is 0 Å². The lowest BCUT2D eigenvalue weighted by Crippen LogP contribution is -2.70. The van der Waals surface area contributed by atoms with Gasteiger partial charge in [0.25, 0.3) is 0 Å². The Hall–Kier alpha value is -4.03. The summed E-state index contributed by atoms with van der Waals surface area (Å²) in [7, 11) is 0. The molecule has 2 N–H and O–H groups in total. The third-order valence-corrected chi connectivity index (χ3v) is 14.6. The van der Waals surface area contributed by atoms with Crippen molar-refractivity contribution >= 4 is 32.6 Å². The number of nitrogens with zero attached hydrogens (tertiary/aromatic N) is 3. The molecule has 1 aromatic heterocycles. The first-order chi connectivity index (χ1) is 25.1. The maximum Gasteiger partial charge on any atom is 0.145 e. The summed E-state index contributed by atoms with van der Waals surface area (Å²) in [5.41, 5.74) is 6.46. The van der Waals surface area contributed by atoms with Gasteiger partial charge in [0.15, 0.2) is 0 Å². The normalized spacial score (nSPS) is 31.4. The van der Waals surface area contributed by atoms with Crippen LogP contribution in [0.5, 0.6) is 0 Å². The third-order valence-electron chi connectivity index (χ3n) is 14.6. The monoisotopic (exact) mass is 671 g/mol. The highest BCUT2D eigenvalue weighted by Crippen LogP contribution is 2.62. The van der Waals surface area contributed by atoms with E-state index in [4.69, 9.17) is 4.98 Å². The van der Waals surface area contributed by atoms with Gasteiger partial charge >= 0.3 is 0 Å². The molecule has 5 heteroatoms. The highest BCUT2D eigenvalue weighted by molar-refractivity contribution is 6.24. The number of aromatic nitrogens is 2. The van der Waals surface area contributed by atoms with Crippen LogP contribution in [0.15, 0.2) is 103 Å². The zero-order valence-electron chi connectivity index (χ0n) is 29.9. The van der Waals surface area contributed by atoms with Crippen LogP contribution in [-0.4, -0.2) is 52.3 Å². The minimum absolute atomic E-state index is 0.335. The summed E-state index contributed by atoms with van der Waals surface area (Å²) in [5, 5.41) is 12.9. The summed E-state index contributed by atoms with van der Waals surface area (Å²) in [6.45, 7) is 8.82. The Morgan fingerprint density at radius 3 is 2.24 bits per heavy atom. The van der Waals surface area contributed by atoms with Crippen molar-refractivity contribution < 1.29 is 0 Å². The van der Waals surface area contributed by atoms with E-state index >= 15 is 0 Å². The molecule has 0 amide bonds. The van der Waals surface area contributed by atoms with E-state index in [-0.39, 0.29) is 0 Å². The van der Waals surface area contributed by atoms with Gasteiger partial charge in [-0.05, 0) is 109 Å². The van der Waals surface area contributed by atoms with E-state index < -0.39 is 0 Å². The number of imidazole rings is 1. The summed E-state index contributed by atoms with van der Waals surface area (Å²) in [4.78, 5) is 8.52. The Bertz CT molecular complexity index is 2270. The second kappa shape index (κ2) is 11.5. The smallest absolute Gasteiger partial charge is 0.145 e. The van der Waals surface area contributed by atoms with Crippen molar-refractivity contribution in [3.05, 3.63) is 109 Å². The number of benzene rings is 5. The Labute approximate surface area is 301 Å². The van der Waals surface area contributed by atoms with Crippen molar-refractivity contribution in [2.75, 3.05) is 19.6 Å². The second-order valence-corrected chi connectivity index (χ2v) is 17.1. The zero-order chi connectivity index (χ0) is 33.8. The number of nitrogens with one attached hydrogen (secondary N) is 2. The summed E-state index contributed by atoms with van der Waals surface area (Å²) in [6.07, 6.45) is 7.20. The average molecular weight is 672 g/mol. The molecule has 0 spiro atoms. The van der Waals surface area contributed by atoms with E-state index in [0.29, 0.717) is 29.6 Å². The standard InChI is InChI=1S/C46H49N5/c1-46(2)38-17-10-23-48-45(38)51-40-27-47-24-22-34(40)37-25-30(26-39(46)42(37)51)28-18-20-31(21-19-28)50-43-36-16-9-7-14-33(36)32-13-6-8-15-35(32)41(43)49-44(50)29-11-4-3-5-12-29/h3-9,11-16,18-21,30,34,37-40,42,45,47-48H,10,17,22-27H2,1-2H3. The average Bonchev–Trinajstić information content (AvgIpc) is 3.75. The lowest BCUT2D eigenvalue weighted by atomic mass is 9.53. The second-order valence-electron chi connectivity index (χ2n) is 17.1. The van der Waals surface area contributed by atoms with Crippen molar-refractivity contribution in [3.8, 4) is 17.1 Å². The summed E-state index contributed by atoms with van der Waals surface area (Å²) in [6, 6.07) is 39.6. The molecule has 5 aromatic carbocycles. The molecule has 1 saturated carbocycles. The van der Waals surface area contributed by atoms with Crippen molar-refractivity contribution in [1.29, 1.82) is 0 Å². The summed E-state index contributed by atoms with van der Waals surface area (Å²) >= 11 is 0. The lowest BCUT2D eigenvalue weighted by Gasteiger charge is -2.62. The maximum atomic E-state index is 5.46. The van der Waals surface area contributed by atoms with Gasteiger partial charge in [0, 0.05) is 40.7 Å².